The third-order valence-corrected chi connectivity index (χ3v) is 5.10. The normalized spacial score (nSPS) is 12.6. The summed E-state index contributed by atoms with van der Waals surface area (Å²) in [6.45, 7) is 1.80. The van der Waals surface area contributed by atoms with E-state index < -0.39 is 31.7 Å². The number of hydrogen-bond donors (Lipinski definition) is 9. The third kappa shape index (κ3) is 29.5. The summed E-state index contributed by atoms with van der Waals surface area (Å²) in [5, 5.41) is 21.4. The number of halogens is 2. The molecule has 0 saturated heterocycles. The van der Waals surface area contributed by atoms with Crippen LogP contribution in [0.1, 0.15) is 38.5 Å². The molecule has 0 aliphatic heterocycles. The van der Waals surface area contributed by atoms with E-state index in [2.05, 4.69) is 10.2 Å². The zero-order valence-corrected chi connectivity index (χ0v) is 20.1. The van der Waals surface area contributed by atoms with Crippen molar-refractivity contribution in [2.24, 2.45) is 22.9 Å². The Morgan fingerprint density at radius 1 is 0.806 bits per heavy atom. The van der Waals surface area contributed by atoms with Crippen LogP contribution in [0, 0.1) is 0 Å². The van der Waals surface area contributed by atoms with Crippen molar-refractivity contribution in [3.8, 4) is 0 Å². The number of carbonyl (C=O) groups is 2. The van der Waals surface area contributed by atoms with Crippen LogP contribution in [0.5, 0.6) is 0 Å². The van der Waals surface area contributed by atoms with Crippen molar-refractivity contribution < 1.29 is 29.3 Å². The molecule has 15 heteroatoms. The molecule has 0 bridgehead atoms. The molecule has 0 radical (unpaired) electrons. The lowest BCUT2D eigenvalue weighted by Gasteiger charge is -2.11. The first kappa shape index (κ1) is 35.1. The molecule has 0 amide bonds. The number of nitrogens with two attached hydrogens (primary N) is 4. The van der Waals surface area contributed by atoms with Crippen LogP contribution in [0.4, 0.5) is 0 Å². The van der Waals surface area contributed by atoms with Gasteiger partial charge < -0.3 is 38.0 Å². The molecule has 0 fully saturated rings. The number of rotatable bonds is 16. The average molecular weight is 513 g/mol. The van der Waals surface area contributed by atoms with Crippen molar-refractivity contribution in [3.63, 3.8) is 0 Å². The highest BCUT2D eigenvalue weighted by Gasteiger charge is 2.14. The molecule has 12 nitrogen and oxygen atoms in total. The van der Waals surface area contributed by atoms with E-state index in [9.17, 15) is 14.2 Å². The lowest BCUT2D eigenvalue weighted by atomic mass is 10.1. The second-order valence-corrected chi connectivity index (χ2v) is 8.77. The van der Waals surface area contributed by atoms with Crippen LogP contribution in [-0.2, 0) is 14.2 Å². The molecule has 0 saturated carbocycles. The minimum atomic E-state index is -3.39. The van der Waals surface area contributed by atoms with Crippen LogP contribution >= 0.6 is 30.9 Å². The van der Waals surface area contributed by atoms with Crippen LogP contribution in [-0.4, -0.2) is 77.1 Å². The second kappa shape index (κ2) is 24.1. The molecular formula is C16H39Cl2N6O6P. The molecule has 13 N–H and O–H groups in total. The van der Waals surface area contributed by atoms with E-state index in [1.165, 1.54) is 0 Å². The van der Waals surface area contributed by atoms with Gasteiger partial charge >= 0.3 is 19.6 Å². The number of carboxylic acids is 2. The molecule has 0 aliphatic carbocycles. The van der Waals surface area contributed by atoms with Gasteiger partial charge in [-0.15, -0.1) is 23.2 Å². The molecule has 188 valence electrons. The van der Waals surface area contributed by atoms with Crippen molar-refractivity contribution in [2.45, 2.75) is 50.6 Å². The summed E-state index contributed by atoms with van der Waals surface area (Å²) in [5.41, 5.74) is 20.8. The molecule has 0 rings (SSSR count). The van der Waals surface area contributed by atoms with Crippen LogP contribution in [0.25, 0.3) is 0 Å². The van der Waals surface area contributed by atoms with Crippen molar-refractivity contribution in [1.29, 1.82) is 0 Å². The van der Waals surface area contributed by atoms with E-state index in [1.807, 2.05) is 0 Å². The fourth-order valence-corrected chi connectivity index (χ4v) is 3.10. The number of nitrogens with one attached hydrogen (secondary N) is 2. The highest BCUT2D eigenvalue weighted by atomic mass is 35.5. The SMILES string of the molecule is NCCCC[C@H](N)C(=O)O.NCCCC[C@H](N)C(=O)O.O=P(O)(NCCCl)NCCCl. The first-order valence-corrected chi connectivity index (χ1v) is 12.5. The van der Waals surface area contributed by atoms with Crippen molar-refractivity contribution in [3.05, 3.63) is 0 Å². The molecule has 0 aromatic rings. The van der Waals surface area contributed by atoms with Crippen molar-refractivity contribution in [2.75, 3.05) is 37.9 Å². The first-order valence-electron chi connectivity index (χ1n) is 9.80. The van der Waals surface area contributed by atoms with Crippen molar-refractivity contribution >= 4 is 42.8 Å². The van der Waals surface area contributed by atoms with E-state index in [1.54, 1.807) is 0 Å². The van der Waals surface area contributed by atoms with Gasteiger partial charge in [0.25, 0.3) is 0 Å². The van der Waals surface area contributed by atoms with Crippen LogP contribution in [0.3, 0.4) is 0 Å². The Bertz CT molecular complexity index is 458. The lowest BCUT2D eigenvalue weighted by Crippen LogP contribution is -2.29. The van der Waals surface area contributed by atoms with E-state index >= 15 is 0 Å². The molecule has 0 spiro atoms. The maximum absolute atomic E-state index is 10.9. The highest BCUT2D eigenvalue weighted by molar-refractivity contribution is 7.53. The molecule has 0 aromatic carbocycles. The Morgan fingerprint density at radius 3 is 1.35 bits per heavy atom. The molecule has 0 aliphatic rings. The summed E-state index contributed by atoms with van der Waals surface area (Å²) in [4.78, 5) is 29.3. The number of alkyl halides is 2. The molecule has 0 aromatic heterocycles. The fourth-order valence-electron chi connectivity index (χ4n) is 1.71. The van der Waals surface area contributed by atoms with Gasteiger partial charge in [0.05, 0.1) is 0 Å². The van der Waals surface area contributed by atoms with Crippen LogP contribution in [0.2, 0.25) is 0 Å². The van der Waals surface area contributed by atoms with Gasteiger partial charge in [0.15, 0.2) is 0 Å². The van der Waals surface area contributed by atoms with Gasteiger partial charge in [0, 0.05) is 24.8 Å². The fraction of sp³-hybridized carbons (Fsp3) is 0.875. The Labute approximate surface area is 193 Å². The molecule has 0 unspecified atom stereocenters. The topological polar surface area (TPSA) is 240 Å². The van der Waals surface area contributed by atoms with Crippen LogP contribution in [0.15, 0.2) is 0 Å². The first-order chi connectivity index (χ1) is 14.5. The van der Waals surface area contributed by atoms with E-state index in [4.69, 9.17) is 61.2 Å². The Balaban J connectivity index is -0.000000380. The third-order valence-electron chi connectivity index (χ3n) is 3.41. The van der Waals surface area contributed by atoms with Gasteiger partial charge in [-0.05, 0) is 38.8 Å². The molecule has 31 heavy (non-hydrogen) atoms. The smallest absolute Gasteiger partial charge is 0.338 e. The van der Waals surface area contributed by atoms with Gasteiger partial charge in [-0.25, -0.2) is 10.2 Å². The Morgan fingerprint density at radius 2 is 1.13 bits per heavy atom. The summed E-state index contributed by atoms with van der Waals surface area (Å²) < 4.78 is 10.9. The number of carboxylic acid groups (broad SMARTS) is 2. The largest absolute Gasteiger partial charge is 0.480 e. The monoisotopic (exact) mass is 512 g/mol. The van der Waals surface area contributed by atoms with E-state index in [0.717, 1.165) is 25.7 Å². The number of aliphatic carboxylic acids is 2. The minimum absolute atomic E-state index is 0.296. The average Bonchev–Trinajstić information content (AvgIpc) is 2.72. The summed E-state index contributed by atoms with van der Waals surface area (Å²) in [6.07, 6.45) is 4.33. The Kier molecular flexibility index (Phi) is 27.3. The lowest BCUT2D eigenvalue weighted by molar-refractivity contribution is -0.139. The maximum atomic E-state index is 10.9. The predicted octanol–water partition coefficient (Wildman–Crippen LogP) is -0.202. The van der Waals surface area contributed by atoms with Gasteiger partial charge in [-0.3, -0.25) is 14.2 Å². The van der Waals surface area contributed by atoms with Gasteiger partial charge in [0.1, 0.15) is 12.1 Å². The van der Waals surface area contributed by atoms with Gasteiger partial charge in [0.2, 0.25) is 0 Å². The summed E-state index contributed by atoms with van der Waals surface area (Å²) in [6, 6.07) is -1.43. The van der Waals surface area contributed by atoms with Gasteiger partial charge in [-0.2, -0.15) is 0 Å². The van der Waals surface area contributed by atoms with E-state index in [-0.39, 0.29) is 0 Å². The summed E-state index contributed by atoms with van der Waals surface area (Å²) in [7, 11) is -3.39. The highest BCUT2D eigenvalue weighted by Crippen LogP contribution is 2.28. The molecular weight excluding hydrogens is 474 g/mol. The zero-order chi connectivity index (χ0) is 24.7. The van der Waals surface area contributed by atoms with Gasteiger partial charge in [-0.1, -0.05) is 12.8 Å². The summed E-state index contributed by atoms with van der Waals surface area (Å²) in [5.74, 6) is -1.27. The number of unbranched alkanes of at least 4 members (excludes halogenated alkanes) is 2. The molecule has 0 heterocycles. The van der Waals surface area contributed by atoms with Crippen LogP contribution < -0.4 is 33.1 Å². The quantitative estimate of drug-likeness (QED) is 0.0740. The number of hydrogen-bond acceptors (Lipinski definition) is 7. The zero-order valence-electron chi connectivity index (χ0n) is 17.7. The standard InChI is InChI=1S/2C6H14N2O2.C4H11Cl2N2O2P/c2*7-4-2-1-3-5(8)6(9)10;5-1-3-7-11(9,10)8-4-2-6/h2*5H,1-4,7-8H2,(H,9,10);1-4H2,(H3,7,8,9,10)/t2*5-;/m00./s1. The summed E-state index contributed by atoms with van der Waals surface area (Å²) >= 11 is 10.6. The second-order valence-electron chi connectivity index (χ2n) is 6.23. The van der Waals surface area contributed by atoms with Crippen molar-refractivity contribution in [1.82, 2.24) is 10.2 Å². The Hall–Kier alpha value is -0.530. The van der Waals surface area contributed by atoms with E-state index in [0.29, 0.717) is 50.8 Å². The molecule has 2 atom stereocenters. The minimum Gasteiger partial charge on any atom is -0.480 e. The maximum Gasteiger partial charge on any atom is 0.338 e. The predicted molar refractivity (Wildman–Crippen MR) is 124 cm³/mol.